The van der Waals surface area contributed by atoms with Crippen LogP contribution in [0.3, 0.4) is 0 Å². The highest BCUT2D eigenvalue weighted by atomic mass is 16.5. The molecule has 4 nitrogen and oxygen atoms in total. The fraction of sp³-hybridized carbons (Fsp3) is 0.393. The van der Waals surface area contributed by atoms with Crippen LogP contribution in [0, 0.1) is 5.92 Å². The van der Waals surface area contributed by atoms with Crippen LogP contribution in [0.1, 0.15) is 54.2 Å². The van der Waals surface area contributed by atoms with Crippen LogP contribution in [0.2, 0.25) is 0 Å². The maximum absolute atomic E-state index is 11.8. The number of amides is 1. The van der Waals surface area contributed by atoms with Crippen LogP contribution in [0.5, 0.6) is 5.75 Å². The van der Waals surface area contributed by atoms with Gasteiger partial charge < -0.3 is 14.7 Å². The minimum absolute atomic E-state index is 0.246. The Morgan fingerprint density at radius 3 is 2.72 bits per heavy atom. The molecule has 3 aliphatic rings. The predicted octanol–water partition coefficient (Wildman–Crippen LogP) is 5.30. The summed E-state index contributed by atoms with van der Waals surface area (Å²) >= 11 is 0. The number of hydrogen-bond donors (Lipinski definition) is 1. The van der Waals surface area contributed by atoms with Crippen molar-refractivity contribution in [1.29, 1.82) is 0 Å². The summed E-state index contributed by atoms with van der Waals surface area (Å²) in [7, 11) is 0. The van der Waals surface area contributed by atoms with Gasteiger partial charge in [-0.1, -0.05) is 42.5 Å². The Hall–Kier alpha value is -3.01. The average Bonchev–Trinajstić information content (AvgIpc) is 3.24. The van der Waals surface area contributed by atoms with Gasteiger partial charge in [-0.25, -0.2) is 0 Å². The van der Waals surface area contributed by atoms with Crippen molar-refractivity contribution in [3.8, 4) is 5.75 Å². The van der Waals surface area contributed by atoms with Crippen molar-refractivity contribution < 1.29 is 14.6 Å². The molecule has 1 N–H and O–H groups in total. The molecular formula is C28H31NO3. The summed E-state index contributed by atoms with van der Waals surface area (Å²) in [6, 6.07) is 16.7. The summed E-state index contributed by atoms with van der Waals surface area (Å²) in [5, 5.41) is 10.0. The van der Waals surface area contributed by atoms with E-state index < -0.39 is 0 Å². The summed E-state index contributed by atoms with van der Waals surface area (Å²) in [6.45, 7) is 2.07. The van der Waals surface area contributed by atoms with Crippen molar-refractivity contribution in [3.05, 3.63) is 89.2 Å². The zero-order valence-corrected chi connectivity index (χ0v) is 18.5. The summed E-state index contributed by atoms with van der Waals surface area (Å²) in [5.74, 6) is 2.72. The zero-order valence-electron chi connectivity index (χ0n) is 18.5. The van der Waals surface area contributed by atoms with Crippen molar-refractivity contribution >= 4 is 5.91 Å². The topological polar surface area (TPSA) is 49.8 Å². The van der Waals surface area contributed by atoms with Crippen molar-refractivity contribution in [2.45, 2.75) is 43.9 Å². The van der Waals surface area contributed by atoms with E-state index in [0.29, 0.717) is 43.1 Å². The molecule has 2 aromatic rings. The summed E-state index contributed by atoms with van der Waals surface area (Å²) in [6.07, 6.45) is 11.3. The Labute approximate surface area is 190 Å². The molecule has 1 heterocycles. The largest absolute Gasteiger partial charge is 0.508 e. The lowest BCUT2D eigenvalue weighted by Gasteiger charge is -2.39. The van der Waals surface area contributed by atoms with Gasteiger partial charge in [0, 0.05) is 13.0 Å². The third-order valence-electron chi connectivity index (χ3n) is 7.23. The molecule has 1 amide bonds. The lowest BCUT2D eigenvalue weighted by atomic mass is 9.65. The monoisotopic (exact) mass is 429 g/mol. The number of nitrogens with zero attached hydrogens (tertiary/aromatic N) is 1. The highest BCUT2D eigenvalue weighted by molar-refractivity contribution is 5.78. The Kier molecular flexibility index (Phi) is 6.02. The van der Waals surface area contributed by atoms with Gasteiger partial charge in [-0.15, -0.1) is 0 Å². The molecule has 5 rings (SSSR count). The Morgan fingerprint density at radius 2 is 1.97 bits per heavy atom. The first-order chi connectivity index (χ1) is 15.7. The number of carbonyl (C=O) groups excluding carboxylic acids is 1. The third kappa shape index (κ3) is 4.32. The number of rotatable bonds is 6. The lowest BCUT2D eigenvalue weighted by molar-refractivity contribution is -0.128. The molecule has 1 unspecified atom stereocenters. The van der Waals surface area contributed by atoms with Gasteiger partial charge in [0.1, 0.15) is 18.1 Å². The zero-order chi connectivity index (χ0) is 21.9. The van der Waals surface area contributed by atoms with E-state index in [1.807, 2.05) is 17.0 Å². The fourth-order valence-corrected chi connectivity index (χ4v) is 5.65. The smallest absolute Gasteiger partial charge is 0.222 e. The van der Waals surface area contributed by atoms with E-state index >= 15 is 0 Å². The number of hydrogen-bond acceptors (Lipinski definition) is 3. The molecule has 0 aromatic heterocycles. The highest BCUT2D eigenvalue weighted by Crippen LogP contribution is 2.49. The molecule has 3 atom stereocenters. The minimum Gasteiger partial charge on any atom is -0.508 e. The number of phenolic OH excluding ortho intramolecular Hbond substituents is 1. The van der Waals surface area contributed by atoms with E-state index in [0.717, 1.165) is 38.0 Å². The second-order valence-corrected chi connectivity index (χ2v) is 9.16. The van der Waals surface area contributed by atoms with Gasteiger partial charge in [0.05, 0.1) is 6.54 Å². The van der Waals surface area contributed by atoms with Crippen LogP contribution in [0.4, 0.5) is 0 Å². The second kappa shape index (κ2) is 9.23. The maximum atomic E-state index is 11.8. The number of phenols is 1. The number of likely N-dealkylation sites (tertiary alicyclic amines) is 1. The molecule has 1 fully saturated rings. The van der Waals surface area contributed by atoms with Crippen LogP contribution in [-0.4, -0.2) is 35.6 Å². The molecular weight excluding hydrogens is 398 g/mol. The average molecular weight is 430 g/mol. The minimum atomic E-state index is 0.246. The van der Waals surface area contributed by atoms with Crippen LogP contribution < -0.4 is 0 Å². The molecule has 2 aromatic carbocycles. The standard InChI is InChI=1S/C28H31NO3/c30-23-11-15-26-22(19-23)10-14-25(20-5-2-1-3-6-20)28(26)21-8-12-24(13-9-21)32-18-17-29-16-4-7-27(29)31/h1-3,5-6,8,11-13,15,19,21,25,28,30H,4,7,9-10,14,16-18H2/t21?,25-,28+/m1/s1. The van der Waals surface area contributed by atoms with Gasteiger partial charge in [0.2, 0.25) is 5.91 Å². The van der Waals surface area contributed by atoms with Crippen LogP contribution in [0.25, 0.3) is 0 Å². The van der Waals surface area contributed by atoms with Crippen LogP contribution >= 0.6 is 0 Å². The lowest BCUT2D eigenvalue weighted by Crippen LogP contribution is -2.28. The molecule has 0 saturated carbocycles. The number of aromatic hydroxyl groups is 1. The van der Waals surface area contributed by atoms with Gasteiger partial charge >= 0.3 is 0 Å². The van der Waals surface area contributed by atoms with Gasteiger partial charge in [0.25, 0.3) is 0 Å². The summed E-state index contributed by atoms with van der Waals surface area (Å²) < 4.78 is 5.97. The van der Waals surface area contributed by atoms with Crippen LogP contribution in [0.15, 0.2) is 72.5 Å². The van der Waals surface area contributed by atoms with Gasteiger partial charge in [-0.05, 0) is 84.4 Å². The number of allylic oxidation sites excluding steroid dienone is 3. The molecule has 2 aliphatic carbocycles. The van der Waals surface area contributed by atoms with Crippen molar-refractivity contribution in [3.63, 3.8) is 0 Å². The molecule has 0 bridgehead atoms. The number of ether oxygens (including phenoxy) is 1. The van der Waals surface area contributed by atoms with E-state index in [4.69, 9.17) is 4.74 Å². The molecule has 1 aliphatic heterocycles. The quantitative estimate of drug-likeness (QED) is 0.677. The molecule has 0 radical (unpaired) electrons. The predicted molar refractivity (Wildman–Crippen MR) is 125 cm³/mol. The third-order valence-corrected chi connectivity index (χ3v) is 7.23. The van der Waals surface area contributed by atoms with Crippen molar-refractivity contribution in [2.24, 2.45) is 5.92 Å². The highest BCUT2D eigenvalue weighted by Gasteiger charge is 2.35. The Balaban J connectivity index is 1.31. The number of fused-ring (bicyclic) bond motifs is 1. The van der Waals surface area contributed by atoms with Gasteiger partial charge in [-0.3, -0.25) is 4.79 Å². The SMILES string of the molecule is O=C1CCCN1CCOC1=CCC([C@@H]2c3ccc(O)cc3CC[C@@H]2c2ccccc2)C=C1. The van der Waals surface area contributed by atoms with E-state index in [-0.39, 0.29) is 5.91 Å². The van der Waals surface area contributed by atoms with E-state index in [1.165, 1.54) is 16.7 Å². The summed E-state index contributed by atoms with van der Waals surface area (Å²) in [4.78, 5) is 13.7. The van der Waals surface area contributed by atoms with Crippen LogP contribution in [-0.2, 0) is 16.0 Å². The Morgan fingerprint density at radius 1 is 1.09 bits per heavy atom. The first-order valence-electron chi connectivity index (χ1n) is 11.8. The fourth-order valence-electron chi connectivity index (χ4n) is 5.65. The van der Waals surface area contributed by atoms with Crippen molar-refractivity contribution in [2.75, 3.05) is 19.7 Å². The molecule has 32 heavy (non-hydrogen) atoms. The first-order valence-corrected chi connectivity index (χ1v) is 11.8. The maximum Gasteiger partial charge on any atom is 0.222 e. The molecule has 4 heteroatoms. The number of aryl methyl sites for hydroxylation is 1. The molecule has 1 saturated heterocycles. The first kappa shape index (κ1) is 20.9. The molecule has 166 valence electrons. The van der Waals surface area contributed by atoms with Gasteiger partial charge in [-0.2, -0.15) is 0 Å². The van der Waals surface area contributed by atoms with E-state index in [9.17, 15) is 9.90 Å². The summed E-state index contributed by atoms with van der Waals surface area (Å²) in [5.41, 5.74) is 4.03. The Bertz CT molecular complexity index is 1030. The second-order valence-electron chi connectivity index (χ2n) is 9.16. The van der Waals surface area contributed by atoms with E-state index in [1.54, 1.807) is 0 Å². The van der Waals surface area contributed by atoms with Gasteiger partial charge in [0.15, 0.2) is 0 Å². The normalized spacial score (nSPS) is 24.9. The number of carbonyl (C=O) groups is 1. The van der Waals surface area contributed by atoms with Crippen molar-refractivity contribution in [1.82, 2.24) is 4.90 Å². The molecule has 0 spiro atoms. The number of benzene rings is 2. The van der Waals surface area contributed by atoms with E-state index in [2.05, 4.69) is 54.6 Å².